The lowest BCUT2D eigenvalue weighted by molar-refractivity contribution is 0.403. The van der Waals surface area contributed by atoms with Gasteiger partial charge in [-0.05, 0) is 32.0 Å². The van der Waals surface area contributed by atoms with E-state index in [4.69, 9.17) is 0 Å². The highest BCUT2D eigenvalue weighted by atomic mass is 19.1. The minimum atomic E-state index is -0.479. The SMILES string of the molecule is CC1CN(c2ncc(F)c(Nc3ccc4[nH]ncc4c3)n2)CC(C)N1. The number of hydrogen-bond donors (Lipinski definition) is 3. The Hall–Kier alpha value is -2.74. The average molecular weight is 341 g/mol. The molecule has 1 aromatic carbocycles. The van der Waals surface area contributed by atoms with E-state index in [2.05, 4.69) is 49.5 Å². The van der Waals surface area contributed by atoms with Crippen molar-refractivity contribution in [3.05, 3.63) is 36.4 Å². The summed E-state index contributed by atoms with van der Waals surface area (Å²) in [4.78, 5) is 10.7. The van der Waals surface area contributed by atoms with Crippen molar-refractivity contribution >= 4 is 28.4 Å². The molecule has 3 heterocycles. The second-order valence-corrected chi connectivity index (χ2v) is 6.54. The number of hydrogen-bond acceptors (Lipinski definition) is 6. The minimum Gasteiger partial charge on any atom is -0.338 e. The van der Waals surface area contributed by atoms with E-state index in [1.165, 1.54) is 6.20 Å². The second kappa shape index (κ2) is 6.29. The lowest BCUT2D eigenvalue weighted by atomic mass is 10.1. The molecule has 1 aliphatic heterocycles. The predicted molar refractivity (Wildman–Crippen MR) is 95.6 cm³/mol. The maximum absolute atomic E-state index is 14.2. The van der Waals surface area contributed by atoms with Crippen LogP contribution >= 0.6 is 0 Å². The number of anilines is 3. The topological polar surface area (TPSA) is 81.8 Å². The van der Waals surface area contributed by atoms with E-state index in [1.54, 1.807) is 6.20 Å². The lowest BCUT2D eigenvalue weighted by Crippen LogP contribution is -2.54. The third kappa shape index (κ3) is 3.25. The molecule has 4 rings (SSSR count). The number of benzene rings is 1. The molecular weight excluding hydrogens is 321 g/mol. The van der Waals surface area contributed by atoms with Crippen LogP contribution in [-0.2, 0) is 0 Å². The van der Waals surface area contributed by atoms with Crippen LogP contribution in [0.4, 0.5) is 21.8 Å². The van der Waals surface area contributed by atoms with Gasteiger partial charge in [-0.25, -0.2) is 9.37 Å². The van der Waals surface area contributed by atoms with Crippen LogP contribution in [0.15, 0.2) is 30.6 Å². The summed E-state index contributed by atoms with van der Waals surface area (Å²) in [6, 6.07) is 6.31. The van der Waals surface area contributed by atoms with Gasteiger partial charge in [0.05, 0.1) is 17.9 Å². The number of halogens is 1. The van der Waals surface area contributed by atoms with Crippen molar-refractivity contribution in [1.82, 2.24) is 25.5 Å². The van der Waals surface area contributed by atoms with Crippen LogP contribution in [0.5, 0.6) is 0 Å². The third-order valence-electron chi connectivity index (χ3n) is 4.27. The van der Waals surface area contributed by atoms with Crippen molar-refractivity contribution in [3.8, 4) is 0 Å². The van der Waals surface area contributed by atoms with Crippen LogP contribution < -0.4 is 15.5 Å². The van der Waals surface area contributed by atoms with Crippen LogP contribution in [-0.4, -0.2) is 45.3 Å². The molecule has 1 fully saturated rings. The molecular formula is C17H20FN7. The molecule has 8 heteroatoms. The Morgan fingerprint density at radius 3 is 2.80 bits per heavy atom. The maximum atomic E-state index is 14.2. The van der Waals surface area contributed by atoms with Crippen molar-refractivity contribution in [1.29, 1.82) is 0 Å². The molecule has 0 amide bonds. The van der Waals surface area contributed by atoms with Gasteiger partial charge in [-0.15, -0.1) is 0 Å². The average Bonchev–Trinajstić information content (AvgIpc) is 3.03. The molecule has 0 saturated carbocycles. The Bertz CT molecular complexity index is 884. The Kier molecular flexibility index (Phi) is 3.96. The highest BCUT2D eigenvalue weighted by Gasteiger charge is 2.23. The summed E-state index contributed by atoms with van der Waals surface area (Å²) in [7, 11) is 0. The van der Waals surface area contributed by atoms with Gasteiger partial charge in [-0.1, -0.05) is 0 Å². The summed E-state index contributed by atoms with van der Waals surface area (Å²) >= 11 is 0. The quantitative estimate of drug-likeness (QED) is 0.679. The Labute approximate surface area is 144 Å². The van der Waals surface area contributed by atoms with Crippen molar-refractivity contribution in [3.63, 3.8) is 0 Å². The molecule has 2 aromatic heterocycles. The van der Waals surface area contributed by atoms with Crippen LogP contribution in [0.1, 0.15) is 13.8 Å². The Balaban J connectivity index is 1.60. The van der Waals surface area contributed by atoms with Crippen molar-refractivity contribution in [2.45, 2.75) is 25.9 Å². The van der Waals surface area contributed by atoms with Crippen LogP contribution in [0.2, 0.25) is 0 Å². The first kappa shape index (κ1) is 15.8. The maximum Gasteiger partial charge on any atom is 0.227 e. The smallest absolute Gasteiger partial charge is 0.227 e. The molecule has 3 aromatic rings. The number of piperazine rings is 1. The monoisotopic (exact) mass is 341 g/mol. The first-order valence-corrected chi connectivity index (χ1v) is 8.32. The van der Waals surface area contributed by atoms with E-state index >= 15 is 0 Å². The second-order valence-electron chi connectivity index (χ2n) is 6.54. The zero-order valence-electron chi connectivity index (χ0n) is 14.1. The third-order valence-corrected chi connectivity index (χ3v) is 4.27. The van der Waals surface area contributed by atoms with Gasteiger partial charge in [0.15, 0.2) is 11.6 Å². The molecule has 1 saturated heterocycles. The highest BCUT2D eigenvalue weighted by molar-refractivity contribution is 5.82. The minimum absolute atomic E-state index is 0.173. The molecule has 0 aliphatic carbocycles. The Morgan fingerprint density at radius 2 is 2.00 bits per heavy atom. The molecule has 2 unspecified atom stereocenters. The van der Waals surface area contributed by atoms with Crippen LogP contribution in [0.3, 0.4) is 0 Å². The molecule has 1 aliphatic rings. The predicted octanol–water partition coefficient (Wildman–Crippen LogP) is 2.42. The fourth-order valence-electron chi connectivity index (χ4n) is 3.25. The first-order chi connectivity index (χ1) is 12.1. The molecule has 25 heavy (non-hydrogen) atoms. The number of nitrogens with one attached hydrogen (secondary N) is 3. The molecule has 2 atom stereocenters. The molecule has 130 valence electrons. The molecule has 3 N–H and O–H groups in total. The van der Waals surface area contributed by atoms with E-state index in [9.17, 15) is 4.39 Å². The number of rotatable bonds is 3. The number of aromatic amines is 1. The normalized spacial score (nSPS) is 20.8. The standard InChI is InChI=1S/C17H20FN7/c1-10-8-25(9-11(2)21-10)17-19-7-14(18)16(23-17)22-13-3-4-15-12(5-13)6-20-24-15/h3-7,10-11,21H,8-9H2,1-2H3,(H,20,24)(H,19,22,23). The van der Waals surface area contributed by atoms with Crippen molar-refractivity contribution in [2.75, 3.05) is 23.3 Å². The number of aromatic nitrogens is 4. The number of fused-ring (bicyclic) bond motifs is 1. The van der Waals surface area contributed by atoms with Gasteiger partial charge < -0.3 is 15.5 Å². The lowest BCUT2D eigenvalue weighted by Gasteiger charge is -2.36. The fourth-order valence-corrected chi connectivity index (χ4v) is 3.25. The van der Waals surface area contributed by atoms with Crippen LogP contribution in [0.25, 0.3) is 10.9 Å². The summed E-state index contributed by atoms with van der Waals surface area (Å²) in [5, 5.41) is 14.3. The van der Waals surface area contributed by atoms with E-state index < -0.39 is 5.82 Å². The molecule has 7 nitrogen and oxygen atoms in total. The molecule has 0 bridgehead atoms. The Morgan fingerprint density at radius 1 is 1.20 bits per heavy atom. The van der Waals surface area contributed by atoms with E-state index in [1.807, 2.05) is 18.2 Å². The first-order valence-electron chi connectivity index (χ1n) is 8.32. The number of H-pyrrole nitrogens is 1. The van der Waals surface area contributed by atoms with E-state index in [-0.39, 0.29) is 5.82 Å². The fraction of sp³-hybridized carbons (Fsp3) is 0.353. The van der Waals surface area contributed by atoms with Crippen molar-refractivity contribution < 1.29 is 4.39 Å². The summed E-state index contributed by atoms with van der Waals surface area (Å²) in [6.45, 7) is 5.81. The van der Waals surface area contributed by atoms with Gasteiger partial charge in [0, 0.05) is 36.2 Å². The van der Waals surface area contributed by atoms with E-state index in [0.29, 0.717) is 18.0 Å². The van der Waals surface area contributed by atoms with Gasteiger partial charge in [-0.2, -0.15) is 10.1 Å². The van der Waals surface area contributed by atoms with E-state index in [0.717, 1.165) is 29.7 Å². The van der Waals surface area contributed by atoms with Gasteiger partial charge in [0.25, 0.3) is 0 Å². The van der Waals surface area contributed by atoms with Gasteiger partial charge >= 0.3 is 0 Å². The summed E-state index contributed by atoms with van der Waals surface area (Å²) in [6.07, 6.45) is 2.95. The largest absolute Gasteiger partial charge is 0.338 e. The summed E-state index contributed by atoms with van der Waals surface area (Å²) in [5.74, 6) is 0.229. The zero-order chi connectivity index (χ0) is 17.4. The van der Waals surface area contributed by atoms with Gasteiger partial charge in [0.1, 0.15) is 0 Å². The van der Waals surface area contributed by atoms with Gasteiger partial charge in [-0.3, -0.25) is 5.10 Å². The summed E-state index contributed by atoms with van der Waals surface area (Å²) in [5.41, 5.74) is 1.68. The van der Waals surface area contributed by atoms with Crippen molar-refractivity contribution in [2.24, 2.45) is 0 Å². The zero-order valence-corrected chi connectivity index (χ0v) is 14.1. The molecule has 0 radical (unpaired) electrons. The highest BCUT2D eigenvalue weighted by Crippen LogP contribution is 2.23. The summed E-state index contributed by atoms with van der Waals surface area (Å²) < 4.78 is 14.2. The van der Waals surface area contributed by atoms with Gasteiger partial charge in [0.2, 0.25) is 5.95 Å². The van der Waals surface area contributed by atoms with Crippen LogP contribution in [0, 0.1) is 5.82 Å². The molecule has 0 spiro atoms. The number of nitrogens with zero attached hydrogens (tertiary/aromatic N) is 4.